The van der Waals surface area contributed by atoms with E-state index in [1.54, 1.807) is 37.6 Å². The summed E-state index contributed by atoms with van der Waals surface area (Å²) < 4.78 is 10.0. The Labute approximate surface area is 200 Å². The summed E-state index contributed by atoms with van der Waals surface area (Å²) in [4.78, 5) is 35.4. The number of anilines is 2. The number of ether oxygens (including phenoxy) is 1. The number of rotatable bonds is 7. The van der Waals surface area contributed by atoms with Crippen molar-refractivity contribution >= 4 is 35.2 Å². The topological polar surface area (TPSA) is 135 Å². The minimum absolute atomic E-state index is 0.0498. The standard InChI is InChI=1S/C22H24ClN7O4/c1-33-16-6-7-18(24-10-16)17-11-30(12-20(31)29-22-25-13-26-34-22)9-8-19(17)28-21(32)27-15-4-2-14(23)3-5-15/h2-7,10,13,17,19H,8-9,11-12H2,1H3,(H2,27,28,32)(H,25,26,29,31). The third-order valence-corrected chi connectivity index (χ3v) is 5.72. The summed E-state index contributed by atoms with van der Waals surface area (Å²) in [7, 11) is 1.58. The van der Waals surface area contributed by atoms with Gasteiger partial charge in [0.1, 0.15) is 5.75 Å². The largest absolute Gasteiger partial charge is 0.495 e. The van der Waals surface area contributed by atoms with Gasteiger partial charge in [-0.2, -0.15) is 4.98 Å². The van der Waals surface area contributed by atoms with E-state index in [1.165, 1.54) is 6.33 Å². The van der Waals surface area contributed by atoms with Crippen LogP contribution in [0.1, 0.15) is 18.0 Å². The van der Waals surface area contributed by atoms with Gasteiger partial charge in [0.2, 0.25) is 5.91 Å². The van der Waals surface area contributed by atoms with Gasteiger partial charge in [-0.05, 0) is 42.8 Å². The monoisotopic (exact) mass is 485 g/mol. The highest BCUT2D eigenvalue weighted by Gasteiger charge is 2.33. The van der Waals surface area contributed by atoms with Crippen molar-refractivity contribution in [2.75, 3.05) is 37.4 Å². The molecule has 0 aliphatic carbocycles. The number of hydrogen-bond acceptors (Lipinski definition) is 8. The highest BCUT2D eigenvalue weighted by molar-refractivity contribution is 6.30. The van der Waals surface area contributed by atoms with Crippen LogP contribution in [0, 0.1) is 0 Å². The van der Waals surface area contributed by atoms with Gasteiger partial charge in [0, 0.05) is 41.5 Å². The number of carbonyl (C=O) groups excluding carboxylic acids is 2. The fraction of sp³-hybridized carbons (Fsp3) is 0.318. The fourth-order valence-electron chi connectivity index (χ4n) is 3.83. The SMILES string of the molecule is COc1ccc(C2CN(CC(=O)Nc3ncno3)CCC2NC(=O)Nc2ccc(Cl)cc2)nc1. The molecule has 1 aliphatic rings. The average Bonchev–Trinajstić information content (AvgIpc) is 3.34. The molecule has 1 saturated heterocycles. The molecule has 3 aromatic rings. The molecule has 0 spiro atoms. The summed E-state index contributed by atoms with van der Waals surface area (Å²) >= 11 is 5.91. The fourth-order valence-corrected chi connectivity index (χ4v) is 3.95. The molecule has 12 heteroatoms. The summed E-state index contributed by atoms with van der Waals surface area (Å²) in [5.74, 6) is 0.227. The number of hydrogen-bond donors (Lipinski definition) is 3. The van der Waals surface area contributed by atoms with Crippen LogP contribution >= 0.6 is 11.6 Å². The molecule has 34 heavy (non-hydrogen) atoms. The van der Waals surface area contributed by atoms with Crippen LogP contribution in [0.5, 0.6) is 5.75 Å². The molecule has 4 rings (SSSR count). The van der Waals surface area contributed by atoms with E-state index in [2.05, 4.69) is 31.1 Å². The number of urea groups is 1. The van der Waals surface area contributed by atoms with Crippen LogP contribution in [-0.2, 0) is 4.79 Å². The Kier molecular flexibility index (Phi) is 7.55. The van der Waals surface area contributed by atoms with E-state index in [9.17, 15) is 9.59 Å². The number of nitrogens with one attached hydrogen (secondary N) is 3. The number of carbonyl (C=O) groups is 2. The highest BCUT2D eigenvalue weighted by Crippen LogP contribution is 2.27. The molecule has 0 radical (unpaired) electrons. The Morgan fingerprint density at radius 2 is 2.00 bits per heavy atom. The van der Waals surface area contributed by atoms with E-state index in [0.717, 1.165) is 5.69 Å². The lowest BCUT2D eigenvalue weighted by Gasteiger charge is -2.38. The van der Waals surface area contributed by atoms with E-state index in [0.29, 0.717) is 36.0 Å². The summed E-state index contributed by atoms with van der Waals surface area (Å²) in [5.41, 5.74) is 1.43. The molecule has 2 aromatic heterocycles. The molecule has 178 valence electrons. The van der Waals surface area contributed by atoms with Crippen molar-refractivity contribution in [2.24, 2.45) is 0 Å². The Balaban J connectivity index is 1.43. The van der Waals surface area contributed by atoms with Crippen molar-refractivity contribution in [1.29, 1.82) is 0 Å². The molecule has 2 atom stereocenters. The predicted molar refractivity (Wildman–Crippen MR) is 125 cm³/mol. The normalized spacial score (nSPS) is 18.2. The molecule has 1 aromatic carbocycles. The lowest BCUT2D eigenvalue weighted by molar-refractivity contribution is -0.117. The zero-order chi connectivity index (χ0) is 23.9. The zero-order valence-electron chi connectivity index (χ0n) is 18.4. The zero-order valence-corrected chi connectivity index (χ0v) is 19.2. The molecular formula is C22H24ClN7O4. The van der Waals surface area contributed by atoms with Crippen LogP contribution in [0.3, 0.4) is 0 Å². The van der Waals surface area contributed by atoms with Gasteiger partial charge < -0.3 is 19.9 Å². The van der Waals surface area contributed by atoms with Gasteiger partial charge in [0.15, 0.2) is 6.33 Å². The second-order valence-electron chi connectivity index (χ2n) is 7.76. The molecule has 11 nitrogen and oxygen atoms in total. The number of piperidine rings is 1. The molecule has 0 saturated carbocycles. The van der Waals surface area contributed by atoms with Crippen molar-refractivity contribution in [2.45, 2.75) is 18.4 Å². The number of aromatic nitrogens is 3. The minimum Gasteiger partial charge on any atom is -0.495 e. The number of nitrogens with zero attached hydrogens (tertiary/aromatic N) is 4. The third-order valence-electron chi connectivity index (χ3n) is 5.47. The van der Waals surface area contributed by atoms with Crippen molar-refractivity contribution in [3.05, 3.63) is 59.6 Å². The van der Waals surface area contributed by atoms with Crippen LogP contribution < -0.4 is 20.7 Å². The minimum atomic E-state index is -0.326. The van der Waals surface area contributed by atoms with Crippen LogP contribution in [0.25, 0.3) is 0 Å². The molecule has 3 N–H and O–H groups in total. The van der Waals surface area contributed by atoms with Crippen LogP contribution in [0.2, 0.25) is 5.02 Å². The first-order valence-corrected chi connectivity index (χ1v) is 11.0. The van der Waals surface area contributed by atoms with Crippen molar-refractivity contribution in [1.82, 2.24) is 25.3 Å². The van der Waals surface area contributed by atoms with Crippen LogP contribution in [0.15, 0.2) is 53.4 Å². The maximum absolute atomic E-state index is 12.7. The number of pyridine rings is 1. The number of methoxy groups -OCH3 is 1. The lowest BCUT2D eigenvalue weighted by atomic mass is 9.88. The maximum Gasteiger partial charge on any atom is 0.327 e. The summed E-state index contributed by atoms with van der Waals surface area (Å²) in [5, 5.41) is 12.5. The predicted octanol–water partition coefficient (Wildman–Crippen LogP) is 2.74. The smallest absolute Gasteiger partial charge is 0.327 e. The van der Waals surface area contributed by atoms with Gasteiger partial charge in [-0.3, -0.25) is 20.0 Å². The molecule has 1 aliphatic heterocycles. The van der Waals surface area contributed by atoms with E-state index in [4.69, 9.17) is 20.9 Å². The van der Waals surface area contributed by atoms with E-state index in [-0.39, 0.29) is 36.5 Å². The molecular weight excluding hydrogens is 462 g/mol. The van der Waals surface area contributed by atoms with E-state index < -0.39 is 0 Å². The lowest BCUT2D eigenvalue weighted by Crippen LogP contribution is -2.52. The van der Waals surface area contributed by atoms with Crippen molar-refractivity contribution < 1.29 is 18.8 Å². The van der Waals surface area contributed by atoms with Crippen LogP contribution in [0.4, 0.5) is 16.5 Å². The summed E-state index contributed by atoms with van der Waals surface area (Å²) in [6, 6.07) is 10.1. The third kappa shape index (κ3) is 6.21. The number of halogens is 1. The highest BCUT2D eigenvalue weighted by atomic mass is 35.5. The van der Waals surface area contributed by atoms with E-state index >= 15 is 0 Å². The van der Waals surface area contributed by atoms with Crippen LogP contribution in [-0.4, -0.2) is 64.7 Å². The number of likely N-dealkylation sites (tertiary alicyclic amines) is 1. The first-order chi connectivity index (χ1) is 16.5. The van der Waals surface area contributed by atoms with Gasteiger partial charge in [-0.25, -0.2) is 4.79 Å². The molecule has 0 bridgehead atoms. The second kappa shape index (κ2) is 10.9. The van der Waals surface area contributed by atoms with Gasteiger partial charge in [0.25, 0.3) is 0 Å². The van der Waals surface area contributed by atoms with Crippen molar-refractivity contribution in [3.63, 3.8) is 0 Å². The van der Waals surface area contributed by atoms with Gasteiger partial charge >= 0.3 is 12.0 Å². The first-order valence-electron chi connectivity index (χ1n) is 10.6. The quantitative estimate of drug-likeness (QED) is 0.465. The Morgan fingerprint density at radius 1 is 1.18 bits per heavy atom. The number of amides is 3. The van der Waals surface area contributed by atoms with Gasteiger partial charge in [0.05, 0.1) is 19.9 Å². The summed E-state index contributed by atoms with van der Waals surface area (Å²) in [6.07, 6.45) is 3.48. The first kappa shape index (κ1) is 23.5. The Morgan fingerprint density at radius 3 is 2.68 bits per heavy atom. The van der Waals surface area contributed by atoms with Gasteiger partial charge in [-0.15, -0.1) is 0 Å². The molecule has 1 fully saturated rings. The Bertz CT molecular complexity index is 1090. The van der Waals surface area contributed by atoms with E-state index in [1.807, 2.05) is 17.0 Å². The molecule has 3 heterocycles. The second-order valence-corrected chi connectivity index (χ2v) is 8.20. The molecule has 3 amide bonds. The van der Waals surface area contributed by atoms with Crippen molar-refractivity contribution in [3.8, 4) is 5.75 Å². The summed E-state index contributed by atoms with van der Waals surface area (Å²) in [6.45, 7) is 1.26. The Hall–Kier alpha value is -3.70. The van der Waals surface area contributed by atoms with Gasteiger partial charge in [-0.1, -0.05) is 16.8 Å². The molecule has 2 unspecified atom stereocenters. The maximum atomic E-state index is 12.7. The number of benzene rings is 1. The average molecular weight is 486 g/mol.